The van der Waals surface area contributed by atoms with E-state index in [0.29, 0.717) is 25.9 Å². The average molecular weight is 286 g/mol. The molecule has 0 heterocycles. The number of hydrogen-bond acceptors (Lipinski definition) is 5. The highest BCUT2D eigenvalue weighted by Crippen LogP contribution is 2.18. The van der Waals surface area contributed by atoms with Crippen LogP contribution >= 0.6 is 0 Å². The Hall–Kier alpha value is 0.00688. The molecule has 0 aliphatic rings. The molecule has 8 heteroatoms. The molecule has 0 unspecified atom stereocenters. The minimum atomic E-state index is -3.94. The van der Waals surface area contributed by atoms with Crippen LogP contribution in [-0.4, -0.2) is 47.3 Å². The molecule has 6 nitrogen and oxygen atoms in total. The van der Waals surface area contributed by atoms with E-state index in [4.69, 9.17) is 17.8 Å². The summed E-state index contributed by atoms with van der Waals surface area (Å²) in [6.07, 6.45) is 0.269. The maximum absolute atomic E-state index is 10.6. The van der Waals surface area contributed by atoms with E-state index in [2.05, 4.69) is 0 Å². The molecule has 0 aromatic rings. The second-order valence-corrected chi connectivity index (χ2v) is 7.68. The molecule has 0 spiro atoms. The van der Waals surface area contributed by atoms with Gasteiger partial charge in [-0.3, -0.25) is 4.55 Å². The van der Waals surface area contributed by atoms with Crippen LogP contribution in [0.4, 0.5) is 0 Å². The molecule has 0 aliphatic heterocycles. The zero-order valence-electron chi connectivity index (χ0n) is 10.6. The highest BCUT2D eigenvalue weighted by Gasteiger charge is 2.39. The Labute approximate surface area is 104 Å². The molecule has 1 N–H and O–H groups in total. The Balaban J connectivity index is 4.43. The maximum atomic E-state index is 10.6. The maximum Gasteiger partial charge on any atom is 0.500 e. The summed E-state index contributed by atoms with van der Waals surface area (Å²) >= 11 is 0. The average Bonchev–Trinajstić information content (AvgIpc) is 2.16. The van der Waals surface area contributed by atoms with E-state index in [0.717, 1.165) is 0 Å². The summed E-state index contributed by atoms with van der Waals surface area (Å²) in [5.41, 5.74) is 0. The van der Waals surface area contributed by atoms with Crippen LogP contribution in [0.3, 0.4) is 0 Å². The van der Waals surface area contributed by atoms with Crippen LogP contribution < -0.4 is 0 Å². The third-order valence-corrected chi connectivity index (χ3v) is 5.93. The molecule has 0 aromatic heterocycles. The summed E-state index contributed by atoms with van der Waals surface area (Å²) in [4.78, 5) is 0. The Bertz CT molecular complexity index is 275. The Morgan fingerprint density at radius 1 is 1.00 bits per heavy atom. The van der Waals surface area contributed by atoms with Crippen molar-refractivity contribution in [1.29, 1.82) is 0 Å². The van der Waals surface area contributed by atoms with Crippen molar-refractivity contribution in [3.05, 3.63) is 0 Å². The zero-order valence-corrected chi connectivity index (χ0v) is 12.5. The molecular weight excluding hydrogens is 264 g/mol. The molecule has 17 heavy (non-hydrogen) atoms. The second-order valence-electron chi connectivity index (χ2n) is 3.37. The largest absolute Gasteiger partial charge is 0.500 e. The van der Waals surface area contributed by atoms with Gasteiger partial charge in [0.1, 0.15) is 0 Å². The number of rotatable bonds is 10. The van der Waals surface area contributed by atoms with Gasteiger partial charge in [0.25, 0.3) is 10.1 Å². The van der Waals surface area contributed by atoms with Crippen LogP contribution in [0.1, 0.15) is 27.2 Å². The smallest absolute Gasteiger partial charge is 0.374 e. The van der Waals surface area contributed by atoms with Gasteiger partial charge in [0.15, 0.2) is 0 Å². The molecule has 0 saturated carbocycles. The lowest BCUT2D eigenvalue weighted by atomic mass is 10.6. The fourth-order valence-electron chi connectivity index (χ4n) is 1.47. The van der Waals surface area contributed by atoms with Gasteiger partial charge in [-0.05, 0) is 27.2 Å². The fourth-order valence-corrected chi connectivity index (χ4v) is 4.85. The molecule has 0 atom stereocenters. The lowest BCUT2D eigenvalue weighted by Crippen LogP contribution is -2.46. The van der Waals surface area contributed by atoms with Gasteiger partial charge in [0.05, 0.1) is 5.75 Å². The predicted octanol–water partition coefficient (Wildman–Crippen LogP) is 1.31. The van der Waals surface area contributed by atoms with Gasteiger partial charge >= 0.3 is 8.80 Å². The van der Waals surface area contributed by atoms with Crippen molar-refractivity contribution in [3.8, 4) is 0 Å². The molecule has 0 bridgehead atoms. The molecule has 0 fully saturated rings. The van der Waals surface area contributed by atoms with Crippen LogP contribution in [0.5, 0.6) is 0 Å². The normalized spacial score (nSPS) is 12.9. The highest BCUT2D eigenvalue weighted by molar-refractivity contribution is 7.85. The molecule has 0 rings (SSSR count). The van der Waals surface area contributed by atoms with Crippen LogP contribution in [0, 0.1) is 0 Å². The highest BCUT2D eigenvalue weighted by atomic mass is 32.2. The van der Waals surface area contributed by atoms with E-state index in [9.17, 15) is 8.42 Å². The summed E-state index contributed by atoms with van der Waals surface area (Å²) in [6.45, 7) is 6.88. The summed E-state index contributed by atoms with van der Waals surface area (Å²) in [6, 6.07) is 0.391. The van der Waals surface area contributed by atoms with E-state index >= 15 is 0 Å². The SMILES string of the molecule is CCO[Si](CCCS(=O)(=O)O)(OCC)OCC. The van der Waals surface area contributed by atoms with Crippen molar-refractivity contribution in [2.24, 2.45) is 0 Å². The van der Waals surface area contributed by atoms with Gasteiger partial charge in [-0.15, -0.1) is 0 Å². The van der Waals surface area contributed by atoms with E-state index in [1.807, 2.05) is 20.8 Å². The Kier molecular flexibility index (Phi) is 8.17. The zero-order chi connectivity index (χ0) is 13.4. The van der Waals surface area contributed by atoms with E-state index in [1.54, 1.807) is 0 Å². The minimum absolute atomic E-state index is 0.269. The number of hydrogen-bond donors (Lipinski definition) is 1. The van der Waals surface area contributed by atoms with Gasteiger partial charge in [-0.25, -0.2) is 0 Å². The first-order chi connectivity index (χ1) is 7.89. The molecule has 0 aromatic carbocycles. The quantitative estimate of drug-likeness (QED) is 0.482. The van der Waals surface area contributed by atoms with Gasteiger partial charge in [-0.1, -0.05) is 0 Å². The van der Waals surface area contributed by atoms with E-state index < -0.39 is 18.9 Å². The molecule has 0 amide bonds. The fraction of sp³-hybridized carbons (Fsp3) is 1.00. The van der Waals surface area contributed by atoms with Crippen molar-refractivity contribution in [2.75, 3.05) is 25.6 Å². The molecule has 0 aliphatic carbocycles. The van der Waals surface area contributed by atoms with Crippen LogP contribution in [0.15, 0.2) is 0 Å². The van der Waals surface area contributed by atoms with Crippen LogP contribution in [-0.2, 0) is 23.4 Å². The van der Waals surface area contributed by atoms with Crippen molar-refractivity contribution in [1.82, 2.24) is 0 Å². The third-order valence-electron chi connectivity index (χ3n) is 1.98. The first-order valence-corrected chi connectivity index (χ1v) is 9.30. The van der Waals surface area contributed by atoms with Crippen molar-refractivity contribution in [3.63, 3.8) is 0 Å². The predicted molar refractivity (Wildman–Crippen MR) is 66.5 cm³/mol. The lowest BCUT2D eigenvalue weighted by Gasteiger charge is -2.28. The molecule has 0 saturated heterocycles. The molecule has 104 valence electrons. The first-order valence-electron chi connectivity index (χ1n) is 5.76. The topological polar surface area (TPSA) is 82.1 Å². The van der Waals surface area contributed by atoms with Crippen LogP contribution in [0.25, 0.3) is 0 Å². The van der Waals surface area contributed by atoms with Gasteiger partial charge in [-0.2, -0.15) is 8.42 Å². The van der Waals surface area contributed by atoms with Crippen molar-refractivity contribution in [2.45, 2.75) is 33.2 Å². The van der Waals surface area contributed by atoms with Gasteiger partial charge in [0, 0.05) is 25.9 Å². The van der Waals surface area contributed by atoms with Gasteiger partial charge in [0.2, 0.25) is 0 Å². The third kappa shape index (κ3) is 7.85. The first kappa shape index (κ1) is 17.0. The van der Waals surface area contributed by atoms with Crippen molar-refractivity contribution < 1.29 is 26.2 Å². The van der Waals surface area contributed by atoms with E-state index in [1.165, 1.54) is 0 Å². The lowest BCUT2D eigenvalue weighted by molar-refractivity contribution is 0.0712. The van der Waals surface area contributed by atoms with Gasteiger partial charge < -0.3 is 13.3 Å². The minimum Gasteiger partial charge on any atom is -0.374 e. The summed E-state index contributed by atoms with van der Waals surface area (Å²) in [5, 5.41) is 0. The molecule has 0 radical (unpaired) electrons. The Morgan fingerprint density at radius 3 is 1.71 bits per heavy atom. The second kappa shape index (κ2) is 8.17. The Morgan fingerprint density at radius 2 is 1.41 bits per heavy atom. The summed E-state index contributed by atoms with van der Waals surface area (Å²) in [5.74, 6) is -0.297. The monoisotopic (exact) mass is 286 g/mol. The molecular formula is C9H22O6SSi. The summed E-state index contributed by atoms with van der Waals surface area (Å²) < 4.78 is 46.6. The summed E-state index contributed by atoms with van der Waals surface area (Å²) in [7, 11) is -6.71. The van der Waals surface area contributed by atoms with Crippen molar-refractivity contribution >= 4 is 18.9 Å². The van der Waals surface area contributed by atoms with Crippen LogP contribution in [0.2, 0.25) is 6.04 Å². The van der Waals surface area contributed by atoms with E-state index in [-0.39, 0.29) is 12.2 Å². The standard InChI is InChI=1S/C9H22O6SSi/c1-4-13-17(14-5-2,15-6-3)9-7-8-16(10,11)12/h4-9H2,1-3H3,(H,10,11,12).